The van der Waals surface area contributed by atoms with Crippen LogP contribution in [0.15, 0.2) is 48.5 Å². The van der Waals surface area contributed by atoms with Crippen LogP contribution in [0.5, 0.6) is 17.2 Å². The van der Waals surface area contributed by atoms with Gasteiger partial charge in [-0.15, -0.1) is 0 Å². The molecule has 1 atom stereocenters. The highest BCUT2D eigenvalue weighted by atomic mass is 16.5. The topological polar surface area (TPSA) is 83.1 Å². The zero-order valence-corrected chi connectivity index (χ0v) is 21.8. The summed E-state index contributed by atoms with van der Waals surface area (Å²) in [5, 5.41) is 2.75. The zero-order chi connectivity index (χ0) is 26.1. The second-order valence-electron chi connectivity index (χ2n) is 9.91. The highest BCUT2D eigenvalue weighted by molar-refractivity contribution is 5.94. The second kappa shape index (κ2) is 12.5. The highest BCUT2D eigenvalue weighted by Crippen LogP contribution is 2.32. The van der Waals surface area contributed by atoms with E-state index in [0.29, 0.717) is 17.9 Å². The van der Waals surface area contributed by atoms with E-state index >= 15 is 0 Å². The number of benzene rings is 2. The van der Waals surface area contributed by atoms with Gasteiger partial charge in [-0.3, -0.25) is 4.79 Å². The van der Waals surface area contributed by atoms with Crippen LogP contribution in [0, 0.1) is 0 Å². The van der Waals surface area contributed by atoms with Gasteiger partial charge in [0.15, 0.2) is 11.5 Å². The van der Waals surface area contributed by atoms with Crippen LogP contribution >= 0.6 is 0 Å². The summed E-state index contributed by atoms with van der Waals surface area (Å²) in [4.78, 5) is 25.0. The maximum atomic E-state index is 12.7. The molecule has 7 nitrogen and oxygen atoms in total. The Morgan fingerprint density at radius 3 is 2.33 bits per heavy atom. The predicted molar refractivity (Wildman–Crippen MR) is 139 cm³/mol. The standard InChI is InChI=1S/C29H37NO6/c1-29(2,3)36-23-14-10-20(11-15-23)18-24(28(32)34-5)30-27(31)17-13-21-12-16-25(33-4)26(19-21)35-22-8-6-7-9-22/h10-17,19,22,24H,6-9,18H2,1-5H3,(H,30,31)/b17-13+. The summed E-state index contributed by atoms with van der Waals surface area (Å²) in [6, 6.07) is 12.2. The van der Waals surface area contributed by atoms with Crippen LogP contribution in [0.1, 0.15) is 57.6 Å². The molecule has 1 saturated carbocycles. The van der Waals surface area contributed by atoms with Gasteiger partial charge in [-0.1, -0.05) is 18.2 Å². The van der Waals surface area contributed by atoms with Gasteiger partial charge in [0.2, 0.25) is 5.91 Å². The number of hydrogen-bond acceptors (Lipinski definition) is 6. The predicted octanol–water partition coefficient (Wildman–Crippen LogP) is 5.11. The van der Waals surface area contributed by atoms with Crippen molar-refractivity contribution in [3.05, 3.63) is 59.7 Å². The van der Waals surface area contributed by atoms with E-state index in [1.54, 1.807) is 13.2 Å². The first kappa shape index (κ1) is 27.1. The van der Waals surface area contributed by atoms with Gasteiger partial charge in [-0.25, -0.2) is 4.79 Å². The summed E-state index contributed by atoms with van der Waals surface area (Å²) in [7, 11) is 2.92. The van der Waals surface area contributed by atoms with Crippen LogP contribution in [0.4, 0.5) is 0 Å². The molecule has 1 amide bonds. The van der Waals surface area contributed by atoms with Gasteiger partial charge in [-0.2, -0.15) is 0 Å². The summed E-state index contributed by atoms with van der Waals surface area (Å²) >= 11 is 0. The summed E-state index contributed by atoms with van der Waals surface area (Å²) in [6.45, 7) is 5.94. The van der Waals surface area contributed by atoms with Gasteiger partial charge in [0.25, 0.3) is 0 Å². The number of rotatable bonds is 10. The summed E-state index contributed by atoms with van der Waals surface area (Å²) < 4.78 is 22.3. The number of amides is 1. The van der Waals surface area contributed by atoms with E-state index in [9.17, 15) is 9.59 Å². The molecular weight excluding hydrogens is 458 g/mol. The van der Waals surface area contributed by atoms with Crippen molar-refractivity contribution in [3.63, 3.8) is 0 Å². The molecule has 1 aliphatic carbocycles. The molecule has 194 valence electrons. The third-order valence-corrected chi connectivity index (χ3v) is 5.80. The van der Waals surface area contributed by atoms with Crippen LogP contribution in [-0.4, -0.2) is 43.8 Å². The Hall–Kier alpha value is -3.48. The minimum Gasteiger partial charge on any atom is -0.493 e. The number of hydrogen-bond donors (Lipinski definition) is 1. The molecule has 1 aliphatic rings. The van der Waals surface area contributed by atoms with Gasteiger partial charge in [-0.05, 0) is 87.9 Å². The van der Waals surface area contributed by atoms with E-state index in [2.05, 4.69) is 5.32 Å². The van der Waals surface area contributed by atoms with Crippen molar-refractivity contribution in [2.75, 3.05) is 14.2 Å². The van der Waals surface area contributed by atoms with Gasteiger partial charge < -0.3 is 24.3 Å². The molecule has 2 aromatic carbocycles. The molecule has 3 rings (SSSR count). The van der Waals surface area contributed by atoms with Gasteiger partial charge in [0.1, 0.15) is 17.4 Å². The third kappa shape index (κ3) is 8.33. The monoisotopic (exact) mass is 495 g/mol. The molecule has 36 heavy (non-hydrogen) atoms. The lowest BCUT2D eigenvalue weighted by Crippen LogP contribution is -2.42. The fourth-order valence-electron chi connectivity index (χ4n) is 4.08. The molecule has 1 N–H and O–H groups in total. The van der Waals surface area contributed by atoms with Crippen molar-refractivity contribution in [2.24, 2.45) is 0 Å². The Morgan fingerprint density at radius 1 is 1.03 bits per heavy atom. The Kier molecular flexibility index (Phi) is 9.39. The molecule has 0 spiro atoms. The van der Waals surface area contributed by atoms with E-state index < -0.39 is 17.9 Å². The number of carbonyl (C=O) groups excluding carboxylic acids is 2. The SMILES string of the molecule is COC(=O)C(Cc1ccc(OC(C)(C)C)cc1)NC(=O)/C=C/c1ccc(OC)c(OC2CCCC2)c1. The zero-order valence-electron chi connectivity index (χ0n) is 21.8. The fraction of sp³-hybridized carbons (Fsp3) is 0.448. The van der Waals surface area contributed by atoms with Crippen LogP contribution in [0.25, 0.3) is 6.08 Å². The van der Waals surface area contributed by atoms with Crippen molar-refractivity contribution in [2.45, 2.75) is 70.6 Å². The molecule has 0 aromatic heterocycles. The number of esters is 1. The molecule has 0 heterocycles. The van der Waals surface area contributed by atoms with Gasteiger partial charge in [0.05, 0.1) is 20.3 Å². The van der Waals surface area contributed by atoms with E-state index in [-0.39, 0.29) is 11.7 Å². The molecule has 0 bridgehead atoms. The minimum absolute atomic E-state index is 0.191. The lowest BCUT2D eigenvalue weighted by molar-refractivity contribution is -0.144. The number of carbonyl (C=O) groups is 2. The van der Waals surface area contributed by atoms with Crippen molar-refractivity contribution < 1.29 is 28.5 Å². The van der Waals surface area contributed by atoms with Gasteiger partial charge in [0, 0.05) is 12.5 Å². The minimum atomic E-state index is -0.821. The average molecular weight is 496 g/mol. The summed E-state index contributed by atoms with van der Waals surface area (Å²) in [6.07, 6.45) is 7.98. The number of nitrogens with one attached hydrogen (secondary N) is 1. The van der Waals surface area contributed by atoms with E-state index in [0.717, 1.165) is 29.7 Å². The molecule has 7 heteroatoms. The average Bonchev–Trinajstić information content (AvgIpc) is 3.35. The van der Waals surface area contributed by atoms with Crippen LogP contribution in [0.2, 0.25) is 0 Å². The highest BCUT2D eigenvalue weighted by Gasteiger charge is 2.22. The molecule has 0 saturated heterocycles. The maximum absolute atomic E-state index is 12.7. The maximum Gasteiger partial charge on any atom is 0.328 e. The summed E-state index contributed by atoms with van der Waals surface area (Å²) in [5.74, 6) is 1.16. The molecular formula is C29H37NO6. The van der Waals surface area contributed by atoms with E-state index in [1.165, 1.54) is 26.0 Å². The third-order valence-electron chi connectivity index (χ3n) is 5.80. The number of ether oxygens (including phenoxy) is 4. The second-order valence-corrected chi connectivity index (χ2v) is 9.91. The lowest BCUT2D eigenvalue weighted by atomic mass is 10.1. The van der Waals surface area contributed by atoms with Crippen molar-refractivity contribution in [1.82, 2.24) is 5.32 Å². The van der Waals surface area contributed by atoms with E-state index in [1.807, 2.05) is 63.2 Å². The van der Waals surface area contributed by atoms with Crippen LogP contribution < -0.4 is 19.5 Å². The lowest BCUT2D eigenvalue weighted by Gasteiger charge is -2.21. The quantitative estimate of drug-likeness (QED) is 0.364. The molecule has 0 aliphatic heterocycles. The first-order valence-electron chi connectivity index (χ1n) is 12.4. The summed E-state index contributed by atoms with van der Waals surface area (Å²) in [5.41, 5.74) is 1.37. The Labute approximate surface area is 213 Å². The van der Waals surface area contributed by atoms with Crippen molar-refractivity contribution in [3.8, 4) is 17.2 Å². The fourth-order valence-corrected chi connectivity index (χ4v) is 4.08. The normalized spacial score (nSPS) is 14.9. The van der Waals surface area contributed by atoms with E-state index in [4.69, 9.17) is 18.9 Å². The van der Waals surface area contributed by atoms with Crippen LogP contribution in [0.3, 0.4) is 0 Å². The smallest absolute Gasteiger partial charge is 0.328 e. The number of methoxy groups -OCH3 is 2. The Morgan fingerprint density at radius 2 is 1.72 bits per heavy atom. The largest absolute Gasteiger partial charge is 0.493 e. The Bertz CT molecular complexity index is 1050. The first-order chi connectivity index (χ1) is 17.2. The molecule has 0 radical (unpaired) electrons. The van der Waals surface area contributed by atoms with Crippen molar-refractivity contribution >= 4 is 18.0 Å². The molecule has 1 fully saturated rings. The molecule has 1 unspecified atom stereocenters. The van der Waals surface area contributed by atoms with Crippen molar-refractivity contribution in [1.29, 1.82) is 0 Å². The van der Waals surface area contributed by atoms with Gasteiger partial charge >= 0.3 is 5.97 Å². The van der Waals surface area contributed by atoms with Crippen LogP contribution in [-0.2, 0) is 20.7 Å². The Balaban J connectivity index is 1.64. The molecule has 2 aromatic rings. The first-order valence-corrected chi connectivity index (χ1v) is 12.4.